The van der Waals surface area contributed by atoms with Gasteiger partial charge in [0.25, 0.3) is 0 Å². The van der Waals surface area contributed by atoms with Crippen molar-refractivity contribution in [2.45, 2.75) is 43.7 Å². The molecule has 106 valence electrons. The number of halogens is 1. The zero-order valence-electron chi connectivity index (χ0n) is 11.2. The first-order valence-corrected chi connectivity index (χ1v) is 7.47. The number of nitrogens with zero attached hydrogens (tertiary/aromatic N) is 3. The lowest BCUT2D eigenvalue weighted by molar-refractivity contribution is -0.0304. The van der Waals surface area contributed by atoms with Gasteiger partial charge in [-0.15, -0.1) is 5.10 Å². The van der Waals surface area contributed by atoms with Gasteiger partial charge in [0, 0.05) is 5.54 Å². The summed E-state index contributed by atoms with van der Waals surface area (Å²) in [4.78, 5) is 0. The fraction of sp³-hybridized carbons (Fsp3) is 0.467. The number of hydrogen-bond donors (Lipinski definition) is 1. The fourth-order valence-corrected chi connectivity index (χ4v) is 3.25. The van der Waals surface area contributed by atoms with Crippen LogP contribution >= 0.6 is 11.6 Å². The minimum absolute atomic E-state index is 0.271. The van der Waals surface area contributed by atoms with Crippen LogP contribution in [0.5, 0.6) is 0 Å². The molecule has 1 aromatic carbocycles. The van der Waals surface area contributed by atoms with Crippen LogP contribution in [0.4, 0.5) is 0 Å². The molecule has 1 saturated carbocycles. The highest BCUT2D eigenvalue weighted by atomic mass is 35.5. The molecule has 1 aliphatic carbocycles. The van der Waals surface area contributed by atoms with Crippen LogP contribution in [0.3, 0.4) is 0 Å². The van der Waals surface area contributed by atoms with Crippen LogP contribution in [-0.2, 0) is 0 Å². The van der Waals surface area contributed by atoms with Crippen LogP contribution in [0.25, 0.3) is 11.0 Å². The van der Waals surface area contributed by atoms with Crippen LogP contribution in [0.1, 0.15) is 38.1 Å². The molecule has 0 saturated heterocycles. The molecule has 0 aliphatic heterocycles. The standard InChI is InChI=1S/C15H18ClN3O/c16-11-8-14(15(20)9-4-1-5-10-15)19-13-7-3-2-6-12(13)17-18-19/h2-3,6-8,11,14,20H,1,4-5,9-10H2/b11-8+. The predicted octanol–water partition coefficient (Wildman–Crippen LogP) is 3.42. The lowest BCUT2D eigenvalue weighted by atomic mass is 9.79. The molecule has 1 atom stereocenters. The highest BCUT2D eigenvalue weighted by molar-refractivity contribution is 6.25. The molecule has 20 heavy (non-hydrogen) atoms. The number of aromatic nitrogens is 3. The van der Waals surface area contributed by atoms with Gasteiger partial charge in [-0.3, -0.25) is 0 Å². The molecule has 0 amide bonds. The number of rotatable bonds is 3. The van der Waals surface area contributed by atoms with Crippen molar-refractivity contribution in [1.82, 2.24) is 15.0 Å². The van der Waals surface area contributed by atoms with Crippen LogP contribution in [0.2, 0.25) is 0 Å². The summed E-state index contributed by atoms with van der Waals surface area (Å²) in [7, 11) is 0. The average Bonchev–Trinajstić information content (AvgIpc) is 2.89. The molecule has 4 nitrogen and oxygen atoms in total. The third-order valence-electron chi connectivity index (χ3n) is 4.17. The molecule has 0 bridgehead atoms. The summed E-state index contributed by atoms with van der Waals surface area (Å²) in [5.41, 5.74) is 2.43. The molecule has 1 N–H and O–H groups in total. The van der Waals surface area contributed by atoms with Crippen molar-refractivity contribution in [1.29, 1.82) is 0 Å². The van der Waals surface area contributed by atoms with Crippen molar-refractivity contribution in [2.75, 3.05) is 0 Å². The second kappa shape index (κ2) is 5.54. The van der Waals surface area contributed by atoms with Gasteiger partial charge in [0.1, 0.15) is 11.6 Å². The molecular weight excluding hydrogens is 274 g/mol. The van der Waals surface area contributed by atoms with E-state index in [1.165, 1.54) is 12.0 Å². The van der Waals surface area contributed by atoms with E-state index in [0.717, 1.165) is 36.7 Å². The summed E-state index contributed by atoms with van der Waals surface area (Å²) in [6.07, 6.45) is 6.61. The Labute approximate surface area is 123 Å². The SMILES string of the molecule is OC1(C(/C=C/Cl)n2nnc3ccccc32)CCCCC1. The third-order valence-corrected chi connectivity index (χ3v) is 4.31. The van der Waals surface area contributed by atoms with Gasteiger partial charge in [0.2, 0.25) is 0 Å². The highest BCUT2D eigenvalue weighted by Gasteiger charge is 2.38. The molecule has 1 aromatic heterocycles. The Bertz CT molecular complexity index is 616. The van der Waals surface area contributed by atoms with E-state index in [0.29, 0.717) is 0 Å². The van der Waals surface area contributed by atoms with Crippen molar-refractivity contribution < 1.29 is 5.11 Å². The monoisotopic (exact) mass is 291 g/mol. The minimum atomic E-state index is -0.792. The van der Waals surface area contributed by atoms with E-state index in [4.69, 9.17) is 11.6 Å². The lowest BCUT2D eigenvalue weighted by Crippen LogP contribution is -2.40. The maximum absolute atomic E-state index is 11.0. The van der Waals surface area contributed by atoms with Gasteiger partial charge in [0.15, 0.2) is 0 Å². The van der Waals surface area contributed by atoms with Crippen molar-refractivity contribution in [2.24, 2.45) is 0 Å². The van der Waals surface area contributed by atoms with Gasteiger partial charge in [-0.2, -0.15) is 0 Å². The van der Waals surface area contributed by atoms with Gasteiger partial charge < -0.3 is 5.11 Å². The Kier molecular flexibility index (Phi) is 3.76. The molecule has 5 heteroatoms. The van der Waals surface area contributed by atoms with E-state index in [1.807, 2.05) is 30.3 Å². The van der Waals surface area contributed by atoms with Crippen molar-refractivity contribution in [3.63, 3.8) is 0 Å². The fourth-order valence-electron chi connectivity index (χ4n) is 3.11. The van der Waals surface area contributed by atoms with Crippen molar-refractivity contribution >= 4 is 22.6 Å². The molecule has 0 spiro atoms. The summed E-state index contributed by atoms with van der Waals surface area (Å²) in [5.74, 6) is 0. The Morgan fingerprint density at radius 2 is 2.00 bits per heavy atom. The van der Waals surface area contributed by atoms with Crippen LogP contribution < -0.4 is 0 Å². The number of para-hydroxylation sites is 1. The summed E-state index contributed by atoms with van der Waals surface area (Å²) in [6, 6.07) is 7.51. The Balaban J connectivity index is 2.06. The predicted molar refractivity (Wildman–Crippen MR) is 79.6 cm³/mol. The topological polar surface area (TPSA) is 50.9 Å². The van der Waals surface area contributed by atoms with E-state index >= 15 is 0 Å². The quantitative estimate of drug-likeness (QED) is 0.943. The van der Waals surface area contributed by atoms with Gasteiger partial charge in [-0.25, -0.2) is 4.68 Å². The second-order valence-corrected chi connectivity index (χ2v) is 5.70. The summed E-state index contributed by atoms with van der Waals surface area (Å²) in [6.45, 7) is 0. The minimum Gasteiger partial charge on any atom is -0.387 e. The zero-order valence-corrected chi connectivity index (χ0v) is 12.0. The molecule has 1 unspecified atom stereocenters. The zero-order chi connectivity index (χ0) is 14.0. The van der Waals surface area contributed by atoms with Gasteiger partial charge >= 0.3 is 0 Å². The van der Waals surface area contributed by atoms with Crippen molar-refractivity contribution in [3.8, 4) is 0 Å². The maximum Gasteiger partial charge on any atom is 0.113 e. The molecule has 3 rings (SSSR count). The molecule has 1 fully saturated rings. The second-order valence-electron chi connectivity index (χ2n) is 5.45. The average molecular weight is 292 g/mol. The van der Waals surface area contributed by atoms with Crippen LogP contribution in [0, 0.1) is 0 Å². The largest absolute Gasteiger partial charge is 0.387 e. The van der Waals surface area contributed by atoms with E-state index in [-0.39, 0.29) is 6.04 Å². The lowest BCUT2D eigenvalue weighted by Gasteiger charge is -2.37. The summed E-state index contributed by atoms with van der Waals surface area (Å²) < 4.78 is 1.79. The number of benzene rings is 1. The highest BCUT2D eigenvalue weighted by Crippen LogP contribution is 2.38. The Morgan fingerprint density at radius 3 is 2.75 bits per heavy atom. The first-order valence-electron chi connectivity index (χ1n) is 7.04. The van der Waals surface area contributed by atoms with Crippen LogP contribution in [0.15, 0.2) is 35.9 Å². The van der Waals surface area contributed by atoms with E-state index < -0.39 is 5.60 Å². The third kappa shape index (κ3) is 2.34. The Morgan fingerprint density at radius 1 is 1.25 bits per heavy atom. The molecular formula is C15H18ClN3O. The first-order chi connectivity index (χ1) is 9.74. The Hall–Kier alpha value is -1.39. The van der Waals surface area contributed by atoms with Gasteiger partial charge in [0.05, 0.1) is 11.1 Å². The number of aliphatic hydroxyl groups is 1. The molecule has 1 heterocycles. The molecule has 2 aromatic rings. The smallest absolute Gasteiger partial charge is 0.113 e. The van der Waals surface area contributed by atoms with E-state index in [1.54, 1.807) is 4.68 Å². The van der Waals surface area contributed by atoms with Crippen molar-refractivity contribution in [3.05, 3.63) is 35.9 Å². The maximum atomic E-state index is 11.0. The number of hydrogen-bond acceptors (Lipinski definition) is 3. The van der Waals surface area contributed by atoms with Gasteiger partial charge in [-0.1, -0.05) is 48.2 Å². The summed E-state index contributed by atoms with van der Waals surface area (Å²) >= 11 is 5.79. The number of fused-ring (bicyclic) bond motifs is 1. The van der Waals surface area contributed by atoms with Crippen LogP contribution in [-0.4, -0.2) is 25.7 Å². The van der Waals surface area contributed by atoms with Gasteiger partial charge in [-0.05, 0) is 31.1 Å². The van der Waals surface area contributed by atoms with E-state index in [9.17, 15) is 5.11 Å². The first kappa shape index (κ1) is 13.6. The summed E-state index contributed by atoms with van der Waals surface area (Å²) in [5, 5.41) is 19.4. The van der Waals surface area contributed by atoms with E-state index in [2.05, 4.69) is 10.3 Å². The molecule has 0 radical (unpaired) electrons. The normalized spacial score (nSPS) is 20.5. The molecule has 1 aliphatic rings.